The lowest BCUT2D eigenvalue weighted by molar-refractivity contribution is 0.590. The first kappa shape index (κ1) is 53.5. The third-order valence-electron chi connectivity index (χ3n) is 19.5. The average molecular weight is 1160 g/mol. The smallest absolute Gasteiger partial charge is 0.0689 e. The predicted molar refractivity (Wildman–Crippen MR) is 383 cm³/mol. The van der Waals surface area contributed by atoms with Gasteiger partial charge in [-0.3, -0.25) is 0 Å². The van der Waals surface area contributed by atoms with Gasteiger partial charge in [-0.05, 0) is 184 Å². The zero-order valence-corrected chi connectivity index (χ0v) is 52.8. The van der Waals surface area contributed by atoms with Crippen LogP contribution in [0.4, 0.5) is 34.1 Å². The van der Waals surface area contributed by atoms with Crippen molar-refractivity contribution in [2.24, 2.45) is 0 Å². The van der Waals surface area contributed by atoms with Crippen LogP contribution in [0.25, 0.3) is 103 Å². The summed E-state index contributed by atoms with van der Waals surface area (Å²) in [4.78, 5) is 6.70. The molecule has 4 heteroatoms. The first-order chi connectivity index (χ1) is 43.0. The molecule has 0 radical (unpaired) electrons. The van der Waals surface area contributed by atoms with Crippen LogP contribution in [0.1, 0.15) is 101 Å². The fraction of sp³-hybridized carbons (Fsp3) is 0.153. The standard InChI is InChI=1S/C85H69N3S/c1-83(2,3)58-35-39-61(40-36-58)87-74-49-62(86-70-28-17-15-26-65(70)66-27-16-18-29-71(66)86)50-75-80(74)79(82-81(87)69-48-60(85(7,8)9)38-43-76(69)89-82)68-46-54(64-25-14-13-24-63(64)51-20-11-10-12-21-51)34-41-73(68)88(75)72-42-37-59(84(4,5)6)47-67(72)57-44-55-32-30-52-22-19-23-53-31-33-56(45-57)78(55)77(52)53/h10-50,79H,1-9H3. The van der Waals surface area contributed by atoms with Gasteiger partial charge in [-0.15, -0.1) is 11.3 Å². The van der Waals surface area contributed by atoms with E-state index in [0.29, 0.717) is 0 Å². The molecule has 0 aliphatic carbocycles. The van der Waals surface area contributed by atoms with E-state index in [1.54, 1.807) is 0 Å². The molecule has 4 heterocycles. The molecular formula is C85H69N3S. The van der Waals surface area contributed by atoms with Crippen LogP contribution in [0.15, 0.2) is 249 Å². The van der Waals surface area contributed by atoms with Gasteiger partial charge in [-0.2, -0.15) is 0 Å². The second-order valence-electron chi connectivity index (χ2n) is 28.1. The van der Waals surface area contributed by atoms with Gasteiger partial charge in [0, 0.05) is 42.6 Å². The van der Waals surface area contributed by atoms with Crippen molar-refractivity contribution < 1.29 is 0 Å². The highest BCUT2D eigenvalue weighted by Gasteiger charge is 2.45. The van der Waals surface area contributed by atoms with E-state index in [1.165, 1.54) is 153 Å². The van der Waals surface area contributed by atoms with Gasteiger partial charge in [0.2, 0.25) is 0 Å². The molecule has 0 amide bonds. The van der Waals surface area contributed by atoms with Crippen molar-refractivity contribution in [3.05, 3.63) is 281 Å². The Kier molecular flexibility index (Phi) is 11.6. The Morgan fingerprint density at radius 2 is 0.876 bits per heavy atom. The van der Waals surface area contributed by atoms with Gasteiger partial charge < -0.3 is 14.4 Å². The van der Waals surface area contributed by atoms with E-state index in [-0.39, 0.29) is 22.2 Å². The third-order valence-corrected chi connectivity index (χ3v) is 20.8. The number of benzene rings is 13. The van der Waals surface area contributed by atoms with Crippen molar-refractivity contribution in [1.29, 1.82) is 0 Å². The number of para-hydroxylation sites is 2. The SMILES string of the molecule is CC(C)(C)c1ccc(N2c3cc(-n4c5ccccc5c5ccccc54)cc4c3C(c3cc(-c5ccccc5-c5ccccc5)ccc3N4c3ccc(C(C)(C)C)cc3-c3cc4ccc5cccc6ccc(c3)c4c56)c3sc4ccc(C(C)(C)C)cc4c32)cc1. The molecule has 13 aromatic carbocycles. The topological polar surface area (TPSA) is 11.4 Å². The molecule has 0 bridgehead atoms. The summed E-state index contributed by atoms with van der Waals surface area (Å²) in [5.74, 6) is -0.132. The van der Waals surface area contributed by atoms with Gasteiger partial charge in [0.05, 0.1) is 51.1 Å². The molecule has 89 heavy (non-hydrogen) atoms. The summed E-state index contributed by atoms with van der Waals surface area (Å²) in [6, 6.07) is 95.6. The molecule has 0 N–H and O–H groups in total. The predicted octanol–water partition coefficient (Wildman–Crippen LogP) is 24.5. The maximum atomic E-state index is 2.68. The maximum Gasteiger partial charge on any atom is 0.0689 e. The highest BCUT2D eigenvalue weighted by molar-refractivity contribution is 7.20. The zero-order chi connectivity index (χ0) is 60.4. The van der Waals surface area contributed by atoms with E-state index in [0.717, 1.165) is 17.1 Å². The van der Waals surface area contributed by atoms with E-state index in [9.17, 15) is 0 Å². The number of fused-ring (bicyclic) bond motifs is 9. The first-order valence-corrected chi connectivity index (χ1v) is 32.4. The van der Waals surface area contributed by atoms with Gasteiger partial charge >= 0.3 is 0 Å². The van der Waals surface area contributed by atoms with Gasteiger partial charge in [-0.25, -0.2) is 0 Å². The van der Waals surface area contributed by atoms with Gasteiger partial charge in [0.15, 0.2) is 0 Å². The Balaban J connectivity index is 1.03. The Morgan fingerprint density at radius 1 is 0.337 bits per heavy atom. The minimum atomic E-state index is -0.132. The lowest BCUT2D eigenvalue weighted by Gasteiger charge is -2.45. The Labute approximate surface area is 525 Å². The van der Waals surface area contributed by atoms with Crippen molar-refractivity contribution in [1.82, 2.24) is 4.57 Å². The Hall–Kier alpha value is -9.74. The second kappa shape index (κ2) is 19.4. The first-order valence-electron chi connectivity index (χ1n) is 31.6. The van der Waals surface area contributed by atoms with Crippen LogP contribution in [0.5, 0.6) is 0 Å². The number of hydrogen-bond donors (Lipinski definition) is 0. The van der Waals surface area contributed by atoms with Crippen molar-refractivity contribution >= 4 is 110 Å². The van der Waals surface area contributed by atoms with E-state index >= 15 is 0 Å². The van der Waals surface area contributed by atoms with Crippen LogP contribution in [0.3, 0.4) is 0 Å². The molecule has 0 saturated heterocycles. The van der Waals surface area contributed by atoms with Crippen molar-refractivity contribution in [2.75, 3.05) is 9.80 Å². The van der Waals surface area contributed by atoms with Gasteiger partial charge in [0.25, 0.3) is 0 Å². The summed E-state index contributed by atoms with van der Waals surface area (Å²) in [5.41, 5.74) is 24.1. The number of anilines is 6. The second-order valence-corrected chi connectivity index (χ2v) is 29.2. The van der Waals surface area contributed by atoms with E-state index in [1.807, 2.05) is 11.3 Å². The molecule has 15 aromatic rings. The lowest BCUT2D eigenvalue weighted by Crippen LogP contribution is -2.29. The van der Waals surface area contributed by atoms with Crippen LogP contribution < -0.4 is 9.80 Å². The van der Waals surface area contributed by atoms with Gasteiger partial charge in [0.1, 0.15) is 0 Å². The fourth-order valence-electron chi connectivity index (χ4n) is 15.0. The minimum absolute atomic E-state index is 0.0277. The molecule has 1 atom stereocenters. The zero-order valence-electron chi connectivity index (χ0n) is 52.0. The van der Waals surface area contributed by atoms with E-state index < -0.39 is 0 Å². The van der Waals surface area contributed by atoms with Crippen molar-refractivity contribution in [2.45, 2.75) is 84.5 Å². The maximum absolute atomic E-state index is 2.68. The van der Waals surface area contributed by atoms with Crippen LogP contribution in [0.2, 0.25) is 0 Å². The largest absolute Gasteiger partial charge is 0.309 e. The molecule has 430 valence electrons. The Bertz CT molecular complexity index is 5270. The number of thiophene rings is 1. The molecule has 2 aromatic heterocycles. The average Bonchev–Trinajstić information content (AvgIpc) is 1.68. The number of hydrogen-bond acceptors (Lipinski definition) is 3. The van der Waals surface area contributed by atoms with E-state index in [4.69, 9.17) is 0 Å². The van der Waals surface area contributed by atoms with Crippen LogP contribution in [-0.2, 0) is 16.2 Å². The number of rotatable bonds is 6. The van der Waals surface area contributed by atoms with Crippen molar-refractivity contribution in [3.8, 4) is 39.1 Å². The van der Waals surface area contributed by atoms with E-state index in [2.05, 4.69) is 325 Å². The molecular weight excluding hydrogens is 1100 g/mol. The summed E-state index contributed by atoms with van der Waals surface area (Å²) in [5, 5.41) is 11.5. The highest BCUT2D eigenvalue weighted by atomic mass is 32.1. The number of nitrogens with zero attached hydrogens (tertiary/aromatic N) is 3. The normalized spacial score (nSPS) is 14.2. The summed E-state index contributed by atoms with van der Waals surface area (Å²) in [7, 11) is 0. The summed E-state index contributed by atoms with van der Waals surface area (Å²) in [6.07, 6.45) is 0. The quantitative estimate of drug-likeness (QED) is 0.154. The molecule has 3 nitrogen and oxygen atoms in total. The minimum Gasteiger partial charge on any atom is -0.309 e. The summed E-state index contributed by atoms with van der Waals surface area (Å²) >= 11 is 1.98. The summed E-state index contributed by atoms with van der Waals surface area (Å²) in [6.45, 7) is 21.1. The lowest BCUT2D eigenvalue weighted by atomic mass is 9.77. The van der Waals surface area contributed by atoms with Gasteiger partial charge in [-0.1, -0.05) is 226 Å². The van der Waals surface area contributed by atoms with Crippen LogP contribution in [-0.4, -0.2) is 4.57 Å². The molecule has 2 aliphatic heterocycles. The summed E-state index contributed by atoms with van der Waals surface area (Å²) < 4.78 is 3.83. The van der Waals surface area contributed by atoms with Crippen LogP contribution in [0, 0.1) is 0 Å². The fourth-order valence-corrected chi connectivity index (χ4v) is 16.3. The Morgan fingerprint density at radius 3 is 1.53 bits per heavy atom. The highest BCUT2D eigenvalue weighted by Crippen LogP contribution is 2.65. The molecule has 17 rings (SSSR count). The van der Waals surface area contributed by atoms with Crippen molar-refractivity contribution in [3.63, 3.8) is 0 Å². The number of aromatic nitrogens is 1. The molecule has 0 spiro atoms. The monoisotopic (exact) mass is 1160 g/mol. The molecule has 0 fully saturated rings. The molecule has 1 unspecified atom stereocenters. The van der Waals surface area contributed by atoms with Crippen LogP contribution >= 0.6 is 11.3 Å². The molecule has 0 saturated carbocycles. The molecule has 2 aliphatic rings. The third kappa shape index (κ3) is 8.29.